The minimum Gasteiger partial charge on any atom is -0.373 e. The number of hydrogen-bond donors (Lipinski definition) is 0. The molecule has 0 radical (unpaired) electrons. The van der Waals surface area contributed by atoms with Gasteiger partial charge in [-0.25, -0.2) is 4.98 Å². The van der Waals surface area contributed by atoms with Gasteiger partial charge in [-0.2, -0.15) is 5.26 Å². The molecule has 3 heteroatoms. The van der Waals surface area contributed by atoms with E-state index in [0.29, 0.717) is 5.69 Å². The van der Waals surface area contributed by atoms with Gasteiger partial charge in [-0.15, -0.1) is 0 Å². The van der Waals surface area contributed by atoms with Gasteiger partial charge in [-0.1, -0.05) is 19.3 Å². The molecule has 1 aliphatic rings. The Labute approximate surface area is 103 Å². The molecule has 0 N–H and O–H groups in total. The van der Waals surface area contributed by atoms with E-state index in [2.05, 4.69) is 16.9 Å². The second kappa shape index (κ2) is 5.67. The summed E-state index contributed by atoms with van der Waals surface area (Å²) in [5, 5.41) is 8.70. The Kier molecular flexibility index (Phi) is 3.98. The Bertz CT molecular complexity index is 385. The fourth-order valence-corrected chi connectivity index (χ4v) is 2.54. The molecular formula is C14H19N3. The first kappa shape index (κ1) is 11.9. The summed E-state index contributed by atoms with van der Waals surface area (Å²) in [4.78, 5) is 6.36. The molecule has 3 nitrogen and oxygen atoms in total. The molecule has 0 aliphatic heterocycles. The smallest absolute Gasteiger partial charge is 0.140 e. The second-order valence-electron chi connectivity index (χ2n) is 4.90. The van der Waals surface area contributed by atoms with Gasteiger partial charge in [0.05, 0.1) is 11.9 Å². The van der Waals surface area contributed by atoms with Crippen molar-refractivity contribution in [3.8, 4) is 6.07 Å². The summed E-state index contributed by atoms with van der Waals surface area (Å²) in [6.45, 7) is 1.10. The number of nitrogens with zero attached hydrogens (tertiary/aromatic N) is 3. The van der Waals surface area contributed by atoms with Crippen molar-refractivity contribution >= 4 is 5.69 Å². The molecule has 0 atom stereocenters. The van der Waals surface area contributed by atoms with Gasteiger partial charge < -0.3 is 4.90 Å². The van der Waals surface area contributed by atoms with Crippen molar-refractivity contribution in [3.05, 3.63) is 24.0 Å². The summed E-state index contributed by atoms with van der Waals surface area (Å²) < 4.78 is 0. The molecule has 0 bridgehead atoms. The van der Waals surface area contributed by atoms with Gasteiger partial charge in [0.2, 0.25) is 0 Å². The number of rotatable bonds is 3. The van der Waals surface area contributed by atoms with Crippen LogP contribution < -0.4 is 4.90 Å². The maximum atomic E-state index is 8.70. The minimum absolute atomic E-state index is 0.486. The van der Waals surface area contributed by atoms with E-state index in [4.69, 9.17) is 5.26 Å². The van der Waals surface area contributed by atoms with Crippen molar-refractivity contribution in [2.75, 3.05) is 18.5 Å². The van der Waals surface area contributed by atoms with Crippen molar-refractivity contribution in [2.24, 2.45) is 5.92 Å². The van der Waals surface area contributed by atoms with Crippen LogP contribution in [0.3, 0.4) is 0 Å². The zero-order valence-corrected chi connectivity index (χ0v) is 10.4. The first-order chi connectivity index (χ1) is 8.29. The van der Waals surface area contributed by atoms with Crippen LogP contribution in [0.4, 0.5) is 5.69 Å². The van der Waals surface area contributed by atoms with Crippen LogP contribution in [-0.4, -0.2) is 18.6 Å². The minimum atomic E-state index is 0.486. The zero-order chi connectivity index (χ0) is 12.1. The van der Waals surface area contributed by atoms with Crippen molar-refractivity contribution < 1.29 is 0 Å². The van der Waals surface area contributed by atoms with Gasteiger partial charge in [0.1, 0.15) is 11.8 Å². The van der Waals surface area contributed by atoms with Gasteiger partial charge in [0.15, 0.2) is 0 Å². The Morgan fingerprint density at radius 3 is 2.71 bits per heavy atom. The van der Waals surface area contributed by atoms with Crippen molar-refractivity contribution in [3.63, 3.8) is 0 Å². The quantitative estimate of drug-likeness (QED) is 0.800. The van der Waals surface area contributed by atoms with E-state index in [1.165, 1.54) is 32.1 Å². The summed E-state index contributed by atoms with van der Waals surface area (Å²) in [6.07, 6.45) is 8.66. The molecule has 1 heterocycles. The Morgan fingerprint density at radius 2 is 2.12 bits per heavy atom. The number of nitriles is 1. The molecule has 0 saturated heterocycles. The van der Waals surface area contributed by atoms with E-state index >= 15 is 0 Å². The van der Waals surface area contributed by atoms with Crippen molar-refractivity contribution in [1.29, 1.82) is 5.26 Å². The first-order valence-corrected chi connectivity index (χ1v) is 6.37. The van der Waals surface area contributed by atoms with Crippen LogP contribution in [0.5, 0.6) is 0 Å². The third-order valence-electron chi connectivity index (χ3n) is 3.56. The lowest BCUT2D eigenvalue weighted by Crippen LogP contribution is -2.26. The first-order valence-electron chi connectivity index (χ1n) is 6.37. The Morgan fingerprint density at radius 1 is 1.35 bits per heavy atom. The molecule has 0 aromatic carbocycles. The van der Waals surface area contributed by atoms with E-state index in [1.807, 2.05) is 12.1 Å². The van der Waals surface area contributed by atoms with E-state index < -0.39 is 0 Å². The highest BCUT2D eigenvalue weighted by Crippen LogP contribution is 2.25. The molecule has 2 rings (SSSR count). The van der Waals surface area contributed by atoms with Crippen LogP contribution in [0.1, 0.15) is 37.8 Å². The maximum Gasteiger partial charge on any atom is 0.140 e. The lowest BCUT2D eigenvalue weighted by atomic mass is 9.89. The lowest BCUT2D eigenvalue weighted by Gasteiger charge is -2.28. The summed E-state index contributed by atoms with van der Waals surface area (Å²) in [5.41, 5.74) is 1.59. The normalized spacial score (nSPS) is 16.5. The van der Waals surface area contributed by atoms with E-state index in [-0.39, 0.29) is 0 Å². The van der Waals surface area contributed by atoms with Gasteiger partial charge >= 0.3 is 0 Å². The fraction of sp³-hybridized carbons (Fsp3) is 0.571. The number of pyridine rings is 1. The van der Waals surface area contributed by atoms with E-state index in [0.717, 1.165) is 18.2 Å². The topological polar surface area (TPSA) is 39.9 Å². The van der Waals surface area contributed by atoms with Crippen molar-refractivity contribution in [2.45, 2.75) is 32.1 Å². The summed E-state index contributed by atoms with van der Waals surface area (Å²) in [7, 11) is 2.11. The van der Waals surface area contributed by atoms with Gasteiger partial charge in [0, 0.05) is 13.6 Å². The summed E-state index contributed by atoms with van der Waals surface area (Å²) in [5.74, 6) is 0.824. The predicted molar refractivity (Wildman–Crippen MR) is 68.8 cm³/mol. The zero-order valence-electron chi connectivity index (χ0n) is 10.4. The van der Waals surface area contributed by atoms with Gasteiger partial charge in [0.25, 0.3) is 0 Å². The number of hydrogen-bond acceptors (Lipinski definition) is 3. The van der Waals surface area contributed by atoms with Crippen LogP contribution in [0.25, 0.3) is 0 Å². The highest BCUT2D eigenvalue weighted by Gasteiger charge is 2.15. The molecule has 90 valence electrons. The molecule has 1 aromatic rings. The standard InChI is InChI=1S/C14H19N3/c1-17(11-12-5-3-2-4-6-12)14-8-7-13(9-15)16-10-14/h7-8,10,12H,2-6,11H2,1H3. The molecule has 1 fully saturated rings. The lowest BCUT2D eigenvalue weighted by molar-refractivity contribution is 0.362. The average Bonchev–Trinajstić information content (AvgIpc) is 2.40. The van der Waals surface area contributed by atoms with Crippen LogP contribution in [0.2, 0.25) is 0 Å². The van der Waals surface area contributed by atoms with Crippen LogP contribution in [0.15, 0.2) is 18.3 Å². The predicted octanol–water partition coefficient (Wildman–Crippen LogP) is 2.97. The molecule has 1 saturated carbocycles. The summed E-state index contributed by atoms with van der Waals surface area (Å²) in [6, 6.07) is 5.81. The maximum absolute atomic E-state index is 8.70. The molecule has 1 aromatic heterocycles. The Hall–Kier alpha value is -1.56. The van der Waals surface area contributed by atoms with E-state index in [9.17, 15) is 0 Å². The molecular weight excluding hydrogens is 210 g/mol. The van der Waals surface area contributed by atoms with Crippen LogP contribution in [0, 0.1) is 17.2 Å². The van der Waals surface area contributed by atoms with Gasteiger partial charge in [-0.3, -0.25) is 0 Å². The van der Waals surface area contributed by atoms with Crippen molar-refractivity contribution in [1.82, 2.24) is 4.98 Å². The molecule has 17 heavy (non-hydrogen) atoms. The number of anilines is 1. The molecule has 0 amide bonds. The van der Waals surface area contributed by atoms with Crippen LogP contribution >= 0.6 is 0 Å². The van der Waals surface area contributed by atoms with Gasteiger partial charge in [-0.05, 0) is 30.9 Å². The monoisotopic (exact) mass is 229 g/mol. The fourth-order valence-electron chi connectivity index (χ4n) is 2.54. The van der Waals surface area contributed by atoms with Crippen LogP contribution in [-0.2, 0) is 0 Å². The average molecular weight is 229 g/mol. The molecule has 1 aliphatic carbocycles. The largest absolute Gasteiger partial charge is 0.373 e. The summed E-state index contributed by atoms with van der Waals surface area (Å²) >= 11 is 0. The van der Waals surface area contributed by atoms with E-state index in [1.54, 1.807) is 12.3 Å². The molecule has 0 unspecified atom stereocenters. The molecule has 0 spiro atoms. The third-order valence-corrected chi connectivity index (χ3v) is 3.56. The highest BCUT2D eigenvalue weighted by molar-refractivity contribution is 5.45. The third kappa shape index (κ3) is 3.20. The highest BCUT2D eigenvalue weighted by atomic mass is 15.1. The second-order valence-corrected chi connectivity index (χ2v) is 4.90. The SMILES string of the molecule is CN(CC1CCCCC1)c1ccc(C#N)nc1. The Balaban J connectivity index is 1.94. The number of aromatic nitrogens is 1.